The number of ketones is 1. The number of benzene rings is 2. The molecule has 1 saturated heterocycles. The lowest BCUT2D eigenvalue weighted by atomic mass is 9.81. The Balaban J connectivity index is 1.68. The quantitative estimate of drug-likeness (QED) is 0.287. The minimum absolute atomic E-state index is 0.0250. The molecule has 2 fully saturated rings. The number of amides is 3. The van der Waals surface area contributed by atoms with E-state index in [1.807, 2.05) is 0 Å². The zero-order valence-corrected chi connectivity index (χ0v) is 17.5. The molecule has 9 nitrogen and oxygen atoms in total. The molecule has 33 heavy (non-hydrogen) atoms. The molecule has 0 aromatic heterocycles. The van der Waals surface area contributed by atoms with E-state index >= 15 is 0 Å². The van der Waals surface area contributed by atoms with Crippen molar-refractivity contribution in [2.45, 2.75) is 25.7 Å². The van der Waals surface area contributed by atoms with E-state index in [0.717, 1.165) is 47.1 Å². The van der Waals surface area contributed by atoms with Gasteiger partial charge in [-0.3, -0.25) is 29.3 Å². The lowest BCUT2D eigenvalue weighted by molar-refractivity contribution is -0.384. The van der Waals surface area contributed by atoms with Gasteiger partial charge in [-0.1, -0.05) is 12.8 Å². The molecule has 170 valence electrons. The number of Topliss-reactive ketones (excluding diaryl/α,β-unsaturated/α-hetero) is 1. The summed E-state index contributed by atoms with van der Waals surface area (Å²) in [5.41, 5.74) is -0.155. The Kier molecular flexibility index (Phi) is 5.99. The van der Waals surface area contributed by atoms with Crippen molar-refractivity contribution in [1.82, 2.24) is 10.0 Å². The Morgan fingerprint density at radius 3 is 1.97 bits per heavy atom. The molecule has 1 aliphatic heterocycles. The maximum Gasteiger partial charge on any atom is 0.273 e. The SMILES string of the molecule is O=C(CN(C(=O)c1ccc([N+](=O)[O-])cc1)N1C(=O)[C@H]2CCCC[C@H]2C1=O)c1ccc(F)cc1. The third-order valence-electron chi connectivity index (χ3n) is 6.08. The van der Waals surface area contributed by atoms with Crippen LogP contribution in [0.3, 0.4) is 0 Å². The molecule has 0 spiro atoms. The van der Waals surface area contributed by atoms with Crippen molar-refractivity contribution >= 4 is 29.2 Å². The first-order valence-corrected chi connectivity index (χ1v) is 10.5. The van der Waals surface area contributed by atoms with Crippen molar-refractivity contribution < 1.29 is 28.5 Å². The number of hydrazine groups is 1. The largest absolute Gasteiger partial charge is 0.292 e. The lowest BCUT2D eigenvalue weighted by Gasteiger charge is -2.30. The fourth-order valence-electron chi connectivity index (χ4n) is 4.35. The number of rotatable bonds is 6. The van der Waals surface area contributed by atoms with Crippen LogP contribution in [0.4, 0.5) is 10.1 Å². The molecule has 0 N–H and O–H groups in total. The maximum absolute atomic E-state index is 13.3. The van der Waals surface area contributed by atoms with Crippen molar-refractivity contribution in [2.75, 3.05) is 6.54 Å². The lowest BCUT2D eigenvalue weighted by Crippen LogP contribution is -2.52. The molecule has 2 aromatic rings. The fraction of sp³-hybridized carbons (Fsp3) is 0.304. The summed E-state index contributed by atoms with van der Waals surface area (Å²) in [6.45, 7) is -0.627. The zero-order valence-electron chi connectivity index (χ0n) is 17.5. The minimum Gasteiger partial charge on any atom is -0.292 e. The van der Waals surface area contributed by atoms with Crippen LogP contribution in [-0.2, 0) is 9.59 Å². The fourth-order valence-corrected chi connectivity index (χ4v) is 4.35. The summed E-state index contributed by atoms with van der Waals surface area (Å²) in [5.74, 6) is -4.11. The number of fused-ring (bicyclic) bond motifs is 1. The number of hydrogen-bond acceptors (Lipinski definition) is 6. The maximum atomic E-state index is 13.3. The highest BCUT2D eigenvalue weighted by Crippen LogP contribution is 2.39. The van der Waals surface area contributed by atoms with E-state index in [1.54, 1.807) is 0 Å². The van der Waals surface area contributed by atoms with Gasteiger partial charge in [-0.2, -0.15) is 5.01 Å². The van der Waals surface area contributed by atoms with Crippen LogP contribution in [0.25, 0.3) is 0 Å². The topological polar surface area (TPSA) is 118 Å². The first-order chi connectivity index (χ1) is 15.8. The summed E-state index contributed by atoms with van der Waals surface area (Å²) >= 11 is 0. The predicted octanol–water partition coefficient (Wildman–Crippen LogP) is 3.15. The van der Waals surface area contributed by atoms with Gasteiger partial charge < -0.3 is 0 Å². The number of nitrogens with zero attached hydrogens (tertiary/aromatic N) is 3. The molecule has 2 aliphatic rings. The van der Waals surface area contributed by atoms with Crippen molar-refractivity contribution in [3.8, 4) is 0 Å². The third kappa shape index (κ3) is 4.23. The molecular formula is C23H20FN3O6. The molecule has 2 aromatic carbocycles. The summed E-state index contributed by atoms with van der Waals surface area (Å²) in [4.78, 5) is 62.7. The first-order valence-electron chi connectivity index (χ1n) is 10.5. The van der Waals surface area contributed by atoms with Crippen LogP contribution in [0.1, 0.15) is 46.4 Å². The average Bonchev–Trinajstić information content (AvgIpc) is 3.07. The predicted molar refractivity (Wildman–Crippen MR) is 112 cm³/mol. The Labute approximate surface area is 187 Å². The molecule has 0 radical (unpaired) electrons. The second-order valence-corrected chi connectivity index (χ2v) is 8.08. The molecule has 0 unspecified atom stereocenters. The number of carbonyl (C=O) groups is 4. The zero-order chi connectivity index (χ0) is 23.7. The Morgan fingerprint density at radius 2 is 1.45 bits per heavy atom. The number of nitro benzene ring substituents is 1. The van der Waals surface area contributed by atoms with Crippen LogP contribution < -0.4 is 0 Å². The van der Waals surface area contributed by atoms with Gasteiger partial charge in [0, 0.05) is 23.3 Å². The molecule has 10 heteroatoms. The van der Waals surface area contributed by atoms with Gasteiger partial charge in [0.25, 0.3) is 23.4 Å². The average molecular weight is 453 g/mol. The molecule has 3 amide bonds. The van der Waals surface area contributed by atoms with Crippen LogP contribution in [0.15, 0.2) is 48.5 Å². The van der Waals surface area contributed by atoms with Crippen molar-refractivity contribution in [3.63, 3.8) is 0 Å². The van der Waals surface area contributed by atoms with Gasteiger partial charge in [0.05, 0.1) is 16.8 Å². The second-order valence-electron chi connectivity index (χ2n) is 8.08. The summed E-state index contributed by atoms with van der Waals surface area (Å²) in [6, 6.07) is 9.34. The van der Waals surface area contributed by atoms with E-state index in [4.69, 9.17) is 0 Å². The summed E-state index contributed by atoms with van der Waals surface area (Å²) < 4.78 is 13.2. The number of non-ortho nitro benzene ring substituents is 1. The van der Waals surface area contributed by atoms with E-state index in [1.165, 1.54) is 24.3 Å². The number of hydrogen-bond donors (Lipinski definition) is 0. The van der Waals surface area contributed by atoms with Crippen LogP contribution in [0.5, 0.6) is 0 Å². The van der Waals surface area contributed by atoms with Crippen LogP contribution >= 0.6 is 0 Å². The van der Waals surface area contributed by atoms with Gasteiger partial charge in [0.15, 0.2) is 5.78 Å². The van der Waals surface area contributed by atoms with E-state index in [9.17, 15) is 33.7 Å². The molecule has 0 bridgehead atoms. The van der Waals surface area contributed by atoms with E-state index < -0.39 is 52.6 Å². The molecule has 4 rings (SSSR count). The highest BCUT2D eigenvalue weighted by Gasteiger charge is 2.51. The van der Waals surface area contributed by atoms with Gasteiger partial charge in [-0.05, 0) is 49.2 Å². The minimum atomic E-state index is -0.819. The molecule has 1 aliphatic carbocycles. The molecule has 2 atom stereocenters. The van der Waals surface area contributed by atoms with Gasteiger partial charge in [0.2, 0.25) is 0 Å². The number of carbonyl (C=O) groups excluding carboxylic acids is 4. The summed E-state index contributed by atoms with van der Waals surface area (Å²) in [5, 5.41) is 12.5. The monoisotopic (exact) mass is 453 g/mol. The van der Waals surface area contributed by atoms with E-state index in [0.29, 0.717) is 12.8 Å². The van der Waals surface area contributed by atoms with Gasteiger partial charge in [0.1, 0.15) is 12.4 Å². The molecule has 1 heterocycles. The van der Waals surface area contributed by atoms with Crippen molar-refractivity contribution in [3.05, 3.63) is 75.6 Å². The highest BCUT2D eigenvalue weighted by atomic mass is 19.1. The van der Waals surface area contributed by atoms with E-state index in [-0.39, 0.29) is 16.8 Å². The summed E-state index contributed by atoms with van der Waals surface area (Å²) in [6.07, 6.45) is 2.63. The number of halogens is 1. The normalized spacial score (nSPS) is 19.8. The third-order valence-corrected chi connectivity index (χ3v) is 6.08. The Morgan fingerprint density at radius 1 is 0.939 bits per heavy atom. The molecule has 1 saturated carbocycles. The van der Waals surface area contributed by atoms with Crippen LogP contribution in [0, 0.1) is 27.8 Å². The Hall–Kier alpha value is -3.95. The summed E-state index contributed by atoms with van der Waals surface area (Å²) in [7, 11) is 0. The van der Waals surface area contributed by atoms with Crippen molar-refractivity contribution in [2.24, 2.45) is 11.8 Å². The van der Waals surface area contributed by atoms with Crippen LogP contribution in [0.2, 0.25) is 0 Å². The smallest absolute Gasteiger partial charge is 0.273 e. The van der Waals surface area contributed by atoms with Gasteiger partial charge in [-0.25, -0.2) is 9.40 Å². The highest BCUT2D eigenvalue weighted by molar-refractivity contribution is 6.09. The van der Waals surface area contributed by atoms with E-state index in [2.05, 4.69) is 0 Å². The number of imide groups is 1. The van der Waals surface area contributed by atoms with Crippen molar-refractivity contribution in [1.29, 1.82) is 0 Å². The van der Waals surface area contributed by atoms with Crippen LogP contribution in [-0.4, -0.2) is 45.0 Å². The molecular weight excluding hydrogens is 433 g/mol. The standard InChI is InChI=1S/C23H20FN3O6/c24-16-9-5-14(6-10-16)20(28)13-25(21(29)15-7-11-17(12-8-15)27(32)33)26-22(30)18-3-1-2-4-19(18)23(26)31/h5-12,18-19H,1-4,13H2/t18-,19+. The van der Waals surface area contributed by atoms with Gasteiger partial charge >= 0.3 is 0 Å². The Bertz CT molecular complexity index is 1110. The second kappa shape index (κ2) is 8.89. The van der Waals surface area contributed by atoms with Gasteiger partial charge in [-0.15, -0.1) is 0 Å². The first kappa shape index (κ1) is 22.3. The number of nitro groups is 1.